The molecule has 0 bridgehead atoms. The number of benzene rings is 1. The van der Waals surface area contributed by atoms with Crippen LogP contribution in [0.3, 0.4) is 0 Å². The molecule has 0 radical (unpaired) electrons. The molecule has 1 heterocycles. The average Bonchev–Trinajstić information content (AvgIpc) is 2.42. The second-order valence-electron chi connectivity index (χ2n) is 4.91. The van der Waals surface area contributed by atoms with Gasteiger partial charge in [0.05, 0.1) is 12.3 Å². The Labute approximate surface area is 115 Å². The Morgan fingerprint density at radius 3 is 2.45 bits per heavy atom. The summed E-state index contributed by atoms with van der Waals surface area (Å²) in [5, 5.41) is 8.87. The highest BCUT2D eigenvalue weighted by Gasteiger charge is 2.27. The molecule has 0 aliphatic carbocycles. The summed E-state index contributed by atoms with van der Waals surface area (Å²) in [6, 6.07) is 3.12. The van der Waals surface area contributed by atoms with Crippen molar-refractivity contribution in [3.05, 3.63) is 35.4 Å². The number of amides is 1. The summed E-state index contributed by atoms with van der Waals surface area (Å²) < 4.78 is 26.2. The van der Waals surface area contributed by atoms with Crippen molar-refractivity contribution in [2.24, 2.45) is 5.92 Å². The van der Waals surface area contributed by atoms with Crippen LogP contribution in [0.1, 0.15) is 18.4 Å². The van der Waals surface area contributed by atoms with Crippen LogP contribution in [0.5, 0.6) is 0 Å². The molecule has 108 valence electrons. The van der Waals surface area contributed by atoms with Crippen molar-refractivity contribution in [1.82, 2.24) is 4.90 Å². The molecule has 0 saturated carbocycles. The lowest BCUT2D eigenvalue weighted by Crippen LogP contribution is -2.41. The zero-order chi connectivity index (χ0) is 14.7. The van der Waals surface area contributed by atoms with Gasteiger partial charge < -0.3 is 10.0 Å². The average molecular weight is 283 g/mol. The van der Waals surface area contributed by atoms with E-state index < -0.39 is 23.5 Å². The van der Waals surface area contributed by atoms with Crippen LogP contribution >= 0.6 is 0 Å². The fourth-order valence-corrected chi connectivity index (χ4v) is 2.32. The minimum atomic E-state index is -0.846. The van der Waals surface area contributed by atoms with Crippen molar-refractivity contribution >= 4 is 11.9 Å². The Morgan fingerprint density at radius 1 is 1.25 bits per heavy atom. The second kappa shape index (κ2) is 5.98. The lowest BCUT2D eigenvalue weighted by molar-refractivity contribution is -0.145. The molecule has 0 spiro atoms. The van der Waals surface area contributed by atoms with Gasteiger partial charge in [0.15, 0.2) is 0 Å². The van der Waals surface area contributed by atoms with Crippen molar-refractivity contribution in [3.8, 4) is 0 Å². The predicted octanol–water partition coefficient (Wildman–Crippen LogP) is 1.83. The predicted molar refractivity (Wildman–Crippen MR) is 67.0 cm³/mol. The molecule has 0 atom stereocenters. The number of rotatable bonds is 3. The SMILES string of the molecule is O=C(O)C1CCN(C(=O)Cc2ccc(F)cc2F)CC1. The maximum absolute atomic E-state index is 13.5. The Kier molecular flexibility index (Phi) is 4.32. The summed E-state index contributed by atoms with van der Waals surface area (Å²) in [5.41, 5.74) is 0.150. The van der Waals surface area contributed by atoms with Gasteiger partial charge in [0, 0.05) is 19.2 Å². The van der Waals surface area contributed by atoms with Crippen molar-refractivity contribution < 1.29 is 23.5 Å². The first-order valence-corrected chi connectivity index (χ1v) is 6.42. The minimum absolute atomic E-state index is 0.135. The first-order chi connectivity index (χ1) is 9.47. The maximum atomic E-state index is 13.5. The topological polar surface area (TPSA) is 57.6 Å². The van der Waals surface area contributed by atoms with Crippen LogP contribution < -0.4 is 0 Å². The van der Waals surface area contributed by atoms with Gasteiger partial charge in [-0.05, 0) is 24.5 Å². The van der Waals surface area contributed by atoms with Crippen LogP contribution in [-0.2, 0) is 16.0 Å². The monoisotopic (exact) mass is 283 g/mol. The molecule has 1 aromatic rings. The highest BCUT2D eigenvalue weighted by molar-refractivity contribution is 5.79. The van der Waals surface area contributed by atoms with E-state index in [1.165, 1.54) is 11.0 Å². The molecule has 1 fully saturated rings. The lowest BCUT2D eigenvalue weighted by atomic mass is 9.96. The first-order valence-electron chi connectivity index (χ1n) is 6.42. The van der Waals surface area contributed by atoms with Crippen LogP contribution in [0.4, 0.5) is 8.78 Å². The van der Waals surface area contributed by atoms with E-state index in [4.69, 9.17) is 5.11 Å². The summed E-state index contributed by atoms with van der Waals surface area (Å²) in [7, 11) is 0. The fraction of sp³-hybridized carbons (Fsp3) is 0.429. The number of nitrogens with zero attached hydrogens (tertiary/aromatic N) is 1. The third-order valence-corrected chi connectivity index (χ3v) is 3.55. The molecule has 20 heavy (non-hydrogen) atoms. The van der Waals surface area contributed by atoms with Gasteiger partial charge in [0.1, 0.15) is 11.6 Å². The number of hydrogen-bond donors (Lipinski definition) is 1. The molecule has 1 N–H and O–H groups in total. The number of carboxylic acids is 1. The number of carbonyl (C=O) groups is 2. The lowest BCUT2D eigenvalue weighted by Gasteiger charge is -2.30. The van der Waals surface area contributed by atoms with E-state index in [9.17, 15) is 18.4 Å². The zero-order valence-corrected chi connectivity index (χ0v) is 10.8. The first kappa shape index (κ1) is 14.4. The van der Waals surface area contributed by atoms with E-state index in [1.807, 2.05) is 0 Å². The minimum Gasteiger partial charge on any atom is -0.481 e. The van der Waals surface area contributed by atoms with Crippen molar-refractivity contribution in [2.45, 2.75) is 19.3 Å². The van der Waals surface area contributed by atoms with E-state index in [-0.39, 0.29) is 17.9 Å². The van der Waals surface area contributed by atoms with Gasteiger partial charge >= 0.3 is 5.97 Å². The highest BCUT2D eigenvalue weighted by atomic mass is 19.1. The number of likely N-dealkylation sites (tertiary alicyclic amines) is 1. The highest BCUT2D eigenvalue weighted by Crippen LogP contribution is 2.19. The van der Waals surface area contributed by atoms with Crippen LogP contribution in [0.25, 0.3) is 0 Å². The van der Waals surface area contributed by atoms with Gasteiger partial charge in [-0.15, -0.1) is 0 Å². The zero-order valence-electron chi connectivity index (χ0n) is 10.8. The smallest absolute Gasteiger partial charge is 0.306 e. The molecule has 1 aromatic carbocycles. The third-order valence-electron chi connectivity index (χ3n) is 3.55. The molecule has 1 saturated heterocycles. The Hall–Kier alpha value is -1.98. The Bertz CT molecular complexity index is 525. The van der Waals surface area contributed by atoms with E-state index in [0.717, 1.165) is 12.1 Å². The number of carboxylic acid groups (broad SMARTS) is 1. The van der Waals surface area contributed by atoms with Crippen molar-refractivity contribution in [3.63, 3.8) is 0 Å². The van der Waals surface area contributed by atoms with Gasteiger partial charge in [-0.3, -0.25) is 9.59 Å². The van der Waals surface area contributed by atoms with E-state index in [0.29, 0.717) is 25.9 Å². The fourth-order valence-electron chi connectivity index (χ4n) is 2.32. The number of aliphatic carboxylic acids is 1. The molecule has 0 aromatic heterocycles. The second-order valence-corrected chi connectivity index (χ2v) is 4.91. The quantitative estimate of drug-likeness (QED) is 0.920. The van der Waals surface area contributed by atoms with Crippen molar-refractivity contribution in [2.75, 3.05) is 13.1 Å². The van der Waals surface area contributed by atoms with E-state index in [2.05, 4.69) is 0 Å². The molecule has 0 unspecified atom stereocenters. The van der Waals surface area contributed by atoms with Gasteiger partial charge in [-0.25, -0.2) is 8.78 Å². The summed E-state index contributed by atoms with van der Waals surface area (Å²) in [6.07, 6.45) is 0.684. The van der Waals surface area contributed by atoms with Crippen molar-refractivity contribution in [1.29, 1.82) is 0 Å². The molecule has 4 nitrogen and oxygen atoms in total. The van der Waals surface area contributed by atoms with Gasteiger partial charge in [-0.2, -0.15) is 0 Å². The van der Waals surface area contributed by atoms with Gasteiger partial charge in [0.2, 0.25) is 5.91 Å². The van der Waals surface area contributed by atoms with Gasteiger partial charge in [0.25, 0.3) is 0 Å². The maximum Gasteiger partial charge on any atom is 0.306 e. The summed E-state index contributed by atoms with van der Waals surface area (Å²) in [5.74, 6) is -2.94. The van der Waals surface area contributed by atoms with Gasteiger partial charge in [-0.1, -0.05) is 6.07 Å². The number of carbonyl (C=O) groups excluding carboxylic acids is 1. The number of hydrogen-bond acceptors (Lipinski definition) is 2. The largest absolute Gasteiger partial charge is 0.481 e. The molecular formula is C14H15F2NO3. The molecule has 6 heteroatoms. The molecule has 1 aliphatic heterocycles. The van der Waals surface area contributed by atoms with Crippen LogP contribution in [0.15, 0.2) is 18.2 Å². The summed E-state index contributed by atoms with van der Waals surface area (Å²) in [4.78, 5) is 24.3. The van der Waals surface area contributed by atoms with Crippen LogP contribution in [-0.4, -0.2) is 35.0 Å². The standard InChI is InChI=1S/C14H15F2NO3/c15-11-2-1-10(12(16)8-11)7-13(18)17-5-3-9(4-6-17)14(19)20/h1-2,8-9H,3-7H2,(H,19,20). The third kappa shape index (κ3) is 3.31. The molecular weight excluding hydrogens is 268 g/mol. The molecule has 1 aliphatic rings. The van der Waals surface area contributed by atoms with Crippen LogP contribution in [0, 0.1) is 17.6 Å². The normalized spacial score (nSPS) is 16.2. The molecule has 1 amide bonds. The number of halogens is 2. The Balaban J connectivity index is 1.94. The molecule has 2 rings (SSSR count). The summed E-state index contributed by atoms with van der Waals surface area (Å²) in [6.45, 7) is 0.719. The Morgan fingerprint density at radius 2 is 1.90 bits per heavy atom. The number of piperidine rings is 1. The van der Waals surface area contributed by atoms with E-state index >= 15 is 0 Å². The van der Waals surface area contributed by atoms with E-state index in [1.54, 1.807) is 0 Å². The van der Waals surface area contributed by atoms with Crippen LogP contribution in [0.2, 0.25) is 0 Å². The summed E-state index contributed by atoms with van der Waals surface area (Å²) >= 11 is 0.